The summed E-state index contributed by atoms with van der Waals surface area (Å²) in [4.78, 5) is 82.8. The molecule has 1 heterocycles. The molecule has 2 bridgehead atoms. The molecule has 1 saturated heterocycles. The Morgan fingerprint density at radius 3 is 2.25 bits per heavy atom. The fraction of sp³-hybridized carbons (Fsp3) is 0.644. The molecule has 1 amide bonds. The van der Waals surface area contributed by atoms with E-state index in [1.807, 2.05) is 0 Å². The van der Waals surface area contributed by atoms with Crippen LogP contribution in [0, 0.1) is 22.7 Å². The lowest BCUT2D eigenvalue weighted by atomic mass is 9.44. The van der Waals surface area contributed by atoms with Crippen molar-refractivity contribution < 1.29 is 72.5 Å². The van der Waals surface area contributed by atoms with Crippen molar-refractivity contribution in [2.75, 3.05) is 13.2 Å². The summed E-state index contributed by atoms with van der Waals surface area (Å²) in [5.74, 6) is -6.43. The summed E-state index contributed by atoms with van der Waals surface area (Å²) in [5, 5.41) is 40.1. The number of nitrogens with one attached hydrogen (secondary N) is 1. The minimum absolute atomic E-state index is 0.0180. The van der Waals surface area contributed by atoms with Gasteiger partial charge in [-0.1, -0.05) is 63.5 Å². The summed E-state index contributed by atoms with van der Waals surface area (Å²) < 4.78 is 35.5. The molecule has 16 heteroatoms. The molecule has 0 unspecified atom stereocenters. The Morgan fingerprint density at radius 1 is 0.984 bits per heavy atom. The van der Waals surface area contributed by atoms with Gasteiger partial charge in [-0.05, 0) is 62.8 Å². The number of rotatable bonds is 11. The van der Waals surface area contributed by atoms with E-state index in [-0.39, 0.29) is 42.3 Å². The Kier molecular flexibility index (Phi) is 13.3. The molecule has 5 aliphatic rings. The monoisotopic (exact) mass is 853 g/mol. The molecule has 0 aromatic heterocycles. The maximum absolute atomic E-state index is 15.5. The van der Waals surface area contributed by atoms with Gasteiger partial charge in [-0.15, -0.1) is 0 Å². The number of esters is 4. The van der Waals surface area contributed by atoms with Crippen LogP contribution in [0.3, 0.4) is 0 Å². The predicted octanol–water partition coefficient (Wildman–Crippen LogP) is 3.82. The van der Waals surface area contributed by atoms with E-state index in [2.05, 4.69) is 5.32 Å². The van der Waals surface area contributed by atoms with Crippen LogP contribution >= 0.6 is 0 Å². The molecule has 0 radical (unpaired) electrons. The van der Waals surface area contributed by atoms with Crippen molar-refractivity contribution in [3.05, 3.63) is 59.2 Å². The summed E-state index contributed by atoms with van der Waals surface area (Å²) in [6.07, 6.45) is -4.02. The van der Waals surface area contributed by atoms with E-state index in [1.165, 1.54) is 19.1 Å². The number of aliphatic hydroxyl groups excluding tert-OH is 2. The van der Waals surface area contributed by atoms with Crippen LogP contribution in [0.1, 0.15) is 104 Å². The molecule has 1 aromatic rings. The van der Waals surface area contributed by atoms with Gasteiger partial charge in [0.2, 0.25) is 0 Å². The third-order valence-electron chi connectivity index (χ3n) is 14.0. The van der Waals surface area contributed by atoms with Gasteiger partial charge in [0, 0.05) is 32.1 Å². The van der Waals surface area contributed by atoms with E-state index < -0.39 is 113 Å². The van der Waals surface area contributed by atoms with Gasteiger partial charge in [-0.25, -0.2) is 14.4 Å². The normalized spacial score (nSPS) is 34.2. The van der Waals surface area contributed by atoms with Crippen molar-refractivity contribution in [3.63, 3.8) is 0 Å². The molecule has 4 fully saturated rings. The topological polar surface area (TPSA) is 231 Å². The van der Waals surface area contributed by atoms with E-state index in [1.54, 1.807) is 58.0 Å². The molecular weight excluding hydrogens is 794 g/mol. The average Bonchev–Trinajstić information content (AvgIpc) is 3.21. The lowest BCUT2D eigenvalue weighted by Gasteiger charge is -2.67. The Labute approximate surface area is 355 Å². The van der Waals surface area contributed by atoms with Crippen LogP contribution in [-0.2, 0) is 47.6 Å². The molecule has 3 saturated carbocycles. The quantitative estimate of drug-likeness (QED) is 0.141. The fourth-order valence-corrected chi connectivity index (χ4v) is 10.7. The van der Waals surface area contributed by atoms with E-state index in [4.69, 9.17) is 28.4 Å². The van der Waals surface area contributed by atoms with Crippen LogP contribution in [0.15, 0.2) is 53.6 Å². The second kappa shape index (κ2) is 17.6. The maximum Gasteiger partial charge on any atom is 0.407 e. The zero-order valence-corrected chi connectivity index (χ0v) is 35.8. The molecule has 4 aliphatic carbocycles. The number of aliphatic hydroxyl groups is 3. The number of alkyl carbamates (subject to hydrolysis) is 1. The fourth-order valence-electron chi connectivity index (χ4n) is 10.7. The van der Waals surface area contributed by atoms with Crippen LogP contribution in [0.5, 0.6) is 0 Å². The summed E-state index contributed by atoms with van der Waals surface area (Å²) >= 11 is 0. The molecule has 1 aromatic carbocycles. The first-order chi connectivity index (χ1) is 28.7. The van der Waals surface area contributed by atoms with Gasteiger partial charge >= 0.3 is 30.0 Å². The number of hydrogen-bond acceptors (Lipinski definition) is 15. The van der Waals surface area contributed by atoms with E-state index in [9.17, 15) is 39.3 Å². The maximum atomic E-state index is 15.5. The van der Waals surface area contributed by atoms with Crippen LogP contribution < -0.4 is 5.32 Å². The highest BCUT2D eigenvalue weighted by Crippen LogP contribution is 2.64. The van der Waals surface area contributed by atoms with Gasteiger partial charge in [-0.2, -0.15) is 0 Å². The molecular formula is C45H59NO15. The van der Waals surface area contributed by atoms with Crippen molar-refractivity contribution in [3.8, 4) is 0 Å². The Bertz CT molecular complexity index is 1940. The van der Waals surface area contributed by atoms with Crippen LogP contribution in [0.4, 0.5) is 4.79 Å². The smallest absolute Gasteiger partial charge is 0.407 e. The number of carbonyl (C=O) groups is 6. The van der Waals surface area contributed by atoms with Gasteiger partial charge < -0.3 is 49.1 Å². The number of Topliss-reactive ketones (excluding diaryl/α,β-unsaturated/α-hetero) is 1. The summed E-state index contributed by atoms with van der Waals surface area (Å²) in [6.45, 7) is 9.77. The average molecular weight is 854 g/mol. The third-order valence-corrected chi connectivity index (χ3v) is 14.0. The van der Waals surface area contributed by atoms with Gasteiger partial charge in [0.1, 0.15) is 30.5 Å². The number of allylic oxidation sites excluding steroid dienone is 1. The molecule has 16 nitrogen and oxygen atoms in total. The lowest BCUT2D eigenvalue weighted by molar-refractivity contribution is -0.346. The largest absolute Gasteiger partial charge is 0.456 e. The third kappa shape index (κ3) is 8.12. The van der Waals surface area contributed by atoms with E-state index in [0.717, 1.165) is 33.1 Å². The van der Waals surface area contributed by atoms with Crippen molar-refractivity contribution >= 4 is 35.8 Å². The van der Waals surface area contributed by atoms with E-state index >= 15 is 4.79 Å². The molecule has 6 rings (SSSR count). The van der Waals surface area contributed by atoms with Gasteiger partial charge in [0.15, 0.2) is 23.6 Å². The first-order valence-corrected chi connectivity index (χ1v) is 21.1. The molecule has 4 N–H and O–H groups in total. The van der Waals surface area contributed by atoms with Gasteiger partial charge in [0.25, 0.3) is 0 Å². The Morgan fingerprint density at radius 2 is 1.66 bits per heavy atom. The van der Waals surface area contributed by atoms with Gasteiger partial charge in [0.05, 0.1) is 35.6 Å². The Balaban J connectivity index is 1.51. The molecule has 1 aliphatic heterocycles. The minimum atomic E-state index is -2.37. The highest BCUT2D eigenvalue weighted by Gasteiger charge is 2.78. The number of ketones is 1. The lowest BCUT2D eigenvalue weighted by Crippen LogP contribution is -2.82. The van der Waals surface area contributed by atoms with Crippen molar-refractivity contribution in [1.29, 1.82) is 0 Å². The number of amides is 1. The Hall–Kier alpha value is -4.64. The standard InChI is InChI=1S/C45H59NO15/c1-8-9-20-56-41(54)46-33(27-16-12-10-13-17-27)34(50)40(53)59-29-22-45(55)38(60-39(52)28-18-14-11-15-19-28)36-43(7,30(49)21-31-44(36,23-57-31)61-26(4)48)37(51)35(58-25(3)47)32(24(29)2)42(45,5)6/h8-9,11,14-15,18-19,27,29-31,33-36,38,49-50,55H,10,12-13,16-17,20-23H2,1-7H3,(H,46,54)/b9-8+/t29-,30-,31+,33-,34+,35+,36-,38-,43+,44-,45+/m0/s1. The summed E-state index contributed by atoms with van der Waals surface area (Å²) in [6, 6.07) is 6.76. The van der Waals surface area contributed by atoms with Crippen LogP contribution in [-0.4, -0.2) is 118 Å². The summed E-state index contributed by atoms with van der Waals surface area (Å²) in [5.41, 5.74) is -7.51. The second-order valence-electron chi connectivity index (χ2n) is 17.9. The molecule has 0 spiro atoms. The number of hydrogen-bond donors (Lipinski definition) is 4. The van der Waals surface area contributed by atoms with Crippen LogP contribution in [0.2, 0.25) is 0 Å². The number of carbonyl (C=O) groups excluding carboxylic acids is 6. The van der Waals surface area contributed by atoms with E-state index in [0.29, 0.717) is 12.8 Å². The molecule has 334 valence electrons. The van der Waals surface area contributed by atoms with Crippen molar-refractivity contribution in [2.24, 2.45) is 22.7 Å². The zero-order valence-electron chi connectivity index (χ0n) is 35.8. The predicted molar refractivity (Wildman–Crippen MR) is 214 cm³/mol. The first kappa shape index (κ1) is 45.9. The second-order valence-corrected chi connectivity index (χ2v) is 17.9. The number of ether oxygens (including phenoxy) is 6. The van der Waals surface area contributed by atoms with Crippen molar-refractivity contribution in [2.45, 2.75) is 147 Å². The van der Waals surface area contributed by atoms with Gasteiger partial charge in [-0.3, -0.25) is 14.4 Å². The zero-order chi connectivity index (χ0) is 44.7. The van der Waals surface area contributed by atoms with Crippen molar-refractivity contribution in [1.82, 2.24) is 5.32 Å². The highest BCUT2D eigenvalue weighted by atomic mass is 16.6. The SMILES string of the molecule is C/C=C/COC(=O)N[C@@H](C1CCCCC1)[C@@H](O)C(=O)O[C@H]1C[C@@]2(O)[C@@H](OC(=O)c3ccccc3)[C@@H]3[C@]4(OC(C)=O)CO[C@@H]4C[C@H](O)[C@@]3(C)C(=O)[C@H](OC(C)=O)C(=C1C)C2(C)C. The van der Waals surface area contributed by atoms with Crippen LogP contribution in [0.25, 0.3) is 0 Å². The number of fused-ring (bicyclic) bond motifs is 5. The molecule has 11 atom stereocenters. The minimum Gasteiger partial charge on any atom is -0.456 e. The number of benzene rings is 1. The molecule has 61 heavy (non-hydrogen) atoms. The summed E-state index contributed by atoms with van der Waals surface area (Å²) in [7, 11) is 0. The highest BCUT2D eigenvalue weighted by molar-refractivity contribution is 5.95. The first-order valence-electron chi connectivity index (χ1n) is 21.1.